The molecule has 0 aliphatic carbocycles. The van der Waals surface area contributed by atoms with Crippen molar-refractivity contribution in [3.8, 4) is 6.07 Å². The van der Waals surface area contributed by atoms with E-state index in [-0.39, 0.29) is 17.3 Å². The number of nitro benzene ring substituents is 1. The van der Waals surface area contributed by atoms with E-state index < -0.39 is 16.7 Å². The first-order valence-electron chi connectivity index (χ1n) is 6.24. The highest BCUT2D eigenvalue weighted by Gasteiger charge is 2.25. The maximum atomic E-state index is 12.0. The van der Waals surface area contributed by atoms with Gasteiger partial charge in [0.15, 0.2) is 0 Å². The average Bonchev–Trinajstić information content (AvgIpc) is 2.33. The van der Waals surface area contributed by atoms with Crippen LogP contribution in [0.25, 0.3) is 0 Å². The molecule has 0 spiro atoms. The number of rotatable bonds is 4. The molecule has 0 aliphatic heterocycles. The third-order valence-corrected chi connectivity index (χ3v) is 3.15. The van der Waals surface area contributed by atoms with Gasteiger partial charge < -0.3 is 5.32 Å². The Kier molecular flexibility index (Phi) is 4.81. The standard InChI is InChI=1S/C14H17N3O3/c1-8(2)11(7-15)14(18)16-12-5-9(3)10(4)6-13(12)17(19)20/h5-6,8,11H,1-4H3,(H,16,18). The van der Waals surface area contributed by atoms with Crippen molar-refractivity contribution in [3.63, 3.8) is 0 Å². The van der Waals surface area contributed by atoms with Crippen LogP contribution in [0.2, 0.25) is 0 Å². The van der Waals surface area contributed by atoms with E-state index >= 15 is 0 Å². The molecule has 1 aromatic rings. The zero-order valence-electron chi connectivity index (χ0n) is 11.9. The number of nitrogens with zero attached hydrogens (tertiary/aromatic N) is 2. The molecule has 1 unspecified atom stereocenters. The molecule has 1 N–H and O–H groups in total. The van der Waals surface area contributed by atoms with Crippen LogP contribution in [0, 0.1) is 47.1 Å². The third-order valence-electron chi connectivity index (χ3n) is 3.15. The lowest BCUT2D eigenvalue weighted by Crippen LogP contribution is -2.26. The molecule has 0 aromatic heterocycles. The molecule has 1 aromatic carbocycles. The Labute approximate surface area is 117 Å². The lowest BCUT2D eigenvalue weighted by atomic mass is 9.96. The van der Waals surface area contributed by atoms with Crippen LogP contribution in [0.3, 0.4) is 0 Å². The largest absolute Gasteiger partial charge is 0.319 e. The Morgan fingerprint density at radius 1 is 1.35 bits per heavy atom. The lowest BCUT2D eigenvalue weighted by molar-refractivity contribution is -0.384. The topological polar surface area (TPSA) is 96.0 Å². The Balaban J connectivity index is 3.15. The third kappa shape index (κ3) is 3.32. The van der Waals surface area contributed by atoms with Gasteiger partial charge in [-0.3, -0.25) is 14.9 Å². The van der Waals surface area contributed by atoms with Crippen LogP contribution in [0.5, 0.6) is 0 Å². The Morgan fingerprint density at radius 2 is 1.90 bits per heavy atom. The molecule has 6 nitrogen and oxygen atoms in total. The Bertz CT molecular complexity index is 588. The molecular formula is C14H17N3O3. The monoisotopic (exact) mass is 275 g/mol. The van der Waals surface area contributed by atoms with Crippen LogP contribution in [0.4, 0.5) is 11.4 Å². The van der Waals surface area contributed by atoms with Crippen molar-refractivity contribution < 1.29 is 9.72 Å². The fourth-order valence-electron chi connectivity index (χ4n) is 1.77. The highest BCUT2D eigenvalue weighted by atomic mass is 16.6. The van der Waals surface area contributed by atoms with Crippen LogP contribution >= 0.6 is 0 Å². The van der Waals surface area contributed by atoms with E-state index in [2.05, 4.69) is 5.32 Å². The summed E-state index contributed by atoms with van der Waals surface area (Å²) in [6.45, 7) is 7.07. The lowest BCUT2D eigenvalue weighted by Gasteiger charge is -2.14. The van der Waals surface area contributed by atoms with E-state index in [4.69, 9.17) is 5.26 Å². The molecule has 1 atom stereocenters. The van der Waals surface area contributed by atoms with Gasteiger partial charge in [0.25, 0.3) is 5.69 Å². The fourth-order valence-corrected chi connectivity index (χ4v) is 1.77. The van der Waals surface area contributed by atoms with Gasteiger partial charge in [-0.1, -0.05) is 13.8 Å². The summed E-state index contributed by atoms with van der Waals surface area (Å²) in [6.07, 6.45) is 0. The van der Waals surface area contributed by atoms with Crippen molar-refractivity contribution in [2.24, 2.45) is 11.8 Å². The maximum Gasteiger partial charge on any atom is 0.293 e. The molecule has 20 heavy (non-hydrogen) atoms. The summed E-state index contributed by atoms with van der Waals surface area (Å²) in [7, 11) is 0. The van der Waals surface area contributed by atoms with Gasteiger partial charge in [-0.15, -0.1) is 0 Å². The summed E-state index contributed by atoms with van der Waals surface area (Å²) >= 11 is 0. The van der Waals surface area contributed by atoms with Crippen molar-refractivity contribution in [2.75, 3.05) is 5.32 Å². The maximum absolute atomic E-state index is 12.0. The number of amides is 1. The highest BCUT2D eigenvalue weighted by molar-refractivity contribution is 5.96. The Morgan fingerprint density at radius 3 is 2.35 bits per heavy atom. The number of nitriles is 1. The molecule has 0 saturated carbocycles. The van der Waals surface area contributed by atoms with E-state index in [1.807, 2.05) is 6.07 Å². The zero-order valence-corrected chi connectivity index (χ0v) is 11.9. The molecule has 0 bridgehead atoms. The van der Waals surface area contributed by atoms with Gasteiger partial charge in [0.05, 0.1) is 11.0 Å². The van der Waals surface area contributed by atoms with Crippen molar-refractivity contribution in [1.29, 1.82) is 5.26 Å². The molecular weight excluding hydrogens is 258 g/mol. The summed E-state index contributed by atoms with van der Waals surface area (Å²) in [5.74, 6) is -1.52. The number of hydrogen-bond acceptors (Lipinski definition) is 4. The Hall–Kier alpha value is -2.42. The molecule has 1 amide bonds. The smallest absolute Gasteiger partial charge is 0.293 e. The number of carbonyl (C=O) groups excluding carboxylic acids is 1. The fraction of sp³-hybridized carbons (Fsp3) is 0.429. The first-order valence-corrected chi connectivity index (χ1v) is 6.24. The van der Waals surface area contributed by atoms with Crippen LogP contribution in [-0.2, 0) is 4.79 Å². The van der Waals surface area contributed by atoms with Gasteiger partial charge in [0.1, 0.15) is 11.6 Å². The molecule has 0 fully saturated rings. The van der Waals surface area contributed by atoms with E-state index in [1.165, 1.54) is 6.07 Å². The van der Waals surface area contributed by atoms with Gasteiger partial charge in [-0.2, -0.15) is 5.26 Å². The normalized spacial score (nSPS) is 11.8. The molecule has 0 radical (unpaired) electrons. The van der Waals surface area contributed by atoms with Gasteiger partial charge in [-0.05, 0) is 37.0 Å². The molecule has 0 saturated heterocycles. The van der Waals surface area contributed by atoms with Crippen molar-refractivity contribution >= 4 is 17.3 Å². The first-order chi connectivity index (χ1) is 9.27. The summed E-state index contributed by atoms with van der Waals surface area (Å²) in [5.41, 5.74) is 1.57. The number of anilines is 1. The number of nitrogens with one attached hydrogen (secondary N) is 1. The average molecular weight is 275 g/mol. The minimum absolute atomic E-state index is 0.129. The summed E-state index contributed by atoms with van der Waals surface area (Å²) < 4.78 is 0. The van der Waals surface area contributed by atoms with E-state index in [0.29, 0.717) is 0 Å². The van der Waals surface area contributed by atoms with Gasteiger partial charge in [-0.25, -0.2) is 0 Å². The van der Waals surface area contributed by atoms with Crippen molar-refractivity contribution in [1.82, 2.24) is 0 Å². The number of nitro groups is 1. The molecule has 6 heteroatoms. The SMILES string of the molecule is Cc1cc(NC(=O)C(C#N)C(C)C)c([N+](=O)[O-])cc1C. The van der Waals surface area contributed by atoms with Gasteiger partial charge >= 0.3 is 0 Å². The number of aryl methyl sites for hydroxylation is 2. The molecule has 0 aliphatic rings. The molecule has 0 heterocycles. The first kappa shape index (κ1) is 15.6. The van der Waals surface area contributed by atoms with Crippen molar-refractivity contribution in [2.45, 2.75) is 27.7 Å². The second-order valence-electron chi connectivity index (χ2n) is 5.05. The van der Waals surface area contributed by atoms with E-state index in [1.54, 1.807) is 33.8 Å². The van der Waals surface area contributed by atoms with E-state index in [9.17, 15) is 14.9 Å². The van der Waals surface area contributed by atoms with Crippen LogP contribution in [0.1, 0.15) is 25.0 Å². The highest BCUT2D eigenvalue weighted by Crippen LogP contribution is 2.28. The minimum atomic E-state index is -0.837. The van der Waals surface area contributed by atoms with Gasteiger partial charge in [0.2, 0.25) is 5.91 Å². The van der Waals surface area contributed by atoms with Crippen LogP contribution in [-0.4, -0.2) is 10.8 Å². The summed E-state index contributed by atoms with van der Waals surface area (Å²) in [5, 5.41) is 22.5. The quantitative estimate of drug-likeness (QED) is 0.674. The predicted octanol–water partition coefficient (Wildman–Crippen LogP) is 2.95. The van der Waals surface area contributed by atoms with Crippen LogP contribution in [0.15, 0.2) is 12.1 Å². The molecule has 1 rings (SSSR count). The predicted molar refractivity (Wildman–Crippen MR) is 75.1 cm³/mol. The second kappa shape index (κ2) is 6.15. The summed E-state index contributed by atoms with van der Waals surface area (Å²) in [4.78, 5) is 22.5. The minimum Gasteiger partial charge on any atom is -0.319 e. The summed E-state index contributed by atoms with van der Waals surface area (Å²) in [6, 6.07) is 4.89. The number of carbonyl (C=O) groups is 1. The van der Waals surface area contributed by atoms with Gasteiger partial charge in [0, 0.05) is 6.07 Å². The number of benzene rings is 1. The van der Waals surface area contributed by atoms with Crippen molar-refractivity contribution in [3.05, 3.63) is 33.4 Å². The second-order valence-corrected chi connectivity index (χ2v) is 5.05. The number of hydrogen-bond donors (Lipinski definition) is 1. The molecule has 106 valence electrons. The van der Waals surface area contributed by atoms with Crippen LogP contribution < -0.4 is 5.32 Å². The zero-order chi connectivity index (χ0) is 15.4. The van der Waals surface area contributed by atoms with E-state index in [0.717, 1.165) is 11.1 Å².